The third kappa shape index (κ3) is 13.3. The molecule has 1 aliphatic rings. The molecule has 1 atom stereocenters. The van der Waals surface area contributed by atoms with E-state index in [1.807, 2.05) is 26.1 Å². The molecule has 0 radical (unpaired) electrons. The van der Waals surface area contributed by atoms with Crippen molar-refractivity contribution in [2.24, 2.45) is 22.6 Å². The fourth-order valence-corrected chi connectivity index (χ4v) is 6.75. The molecule has 0 saturated carbocycles. The van der Waals surface area contributed by atoms with Gasteiger partial charge >= 0.3 is 0 Å². The van der Waals surface area contributed by atoms with Gasteiger partial charge in [0.25, 0.3) is 0 Å². The number of aromatic nitrogens is 1. The number of nitrogens with two attached hydrogens (primary N) is 1. The van der Waals surface area contributed by atoms with E-state index < -0.39 is 0 Å². The van der Waals surface area contributed by atoms with Crippen molar-refractivity contribution >= 4 is 23.8 Å². The number of pyridine rings is 1. The predicted octanol–water partition coefficient (Wildman–Crippen LogP) is 9.34. The normalized spacial score (nSPS) is 14.2. The Bertz CT molecular complexity index is 1460. The molecule has 3 aromatic rings. The third-order valence-electron chi connectivity index (χ3n) is 9.82. The Kier molecular flexibility index (Phi) is 17.7. The van der Waals surface area contributed by atoms with Crippen LogP contribution in [0, 0.1) is 24.6 Å². The standard InChI is InChI=1S/C36H48FN5.C7H17N/c1-6-7-8-20-42(36-26-31(28(3)38-4)15-17-35(36)39-5)24-23-41-21-18-30(19-22-41)34-11-9-10-32(40-34)16-14-29-13-12-27(2)25-33(29)37;1-6(2)4-7(3)5-8/h9-13,15,17,25-26,30,38H,3,5-8,14,16,18-24H2,1-2,4H3;6-7H,4-5,8H2,1-3H3. The lowest BCUT2D eigenvalue weighted by atomic mass is 9.92. The van der Waals surface area contributed by atoms with Gasteiger partial charge in [-0.05, 0) is 131 Å². The minimum absolute atomic E-state index is 0.115. The number of benzene rings is 2. The van der Waals surface area contributed by atoms with Crippen LogP contribution in [-0.4, -0.2) is 62.9 Å². The van der Waals surface area contributed by atoms with Crippen molar-refractivity contribution in [2.75, 3.05) is 51.2 Å². The van der Waals surface area contributed by atoms with Crippen LogP contribution in [0.15, 0.2) is 66.2 Å². The summed E-state index contributed by atoms with van der Waals surface area (Å²) < 4.78 is 14.3. The van der Waals surface area contributed by atoms with Crippen molar-refractivity contribution in [1.82, 2.24) is 15.2 Å². The second-order valence-electron chi connectivity index (χ2n) is 14.5. The zero-order valence-corrected chi connectivity index (χ0v) is 32.0. The summed E-state index contributed by atoms with van der Waals surface area (Å²) in [5.74, 6) is 1.86. The van der Waals surface area contributed by atoms with Gasteiger partial charge in [0.1, 0.15) is 5.82 Å². The first kappa shape index (κ1) is 40.9. The summed E-state index contributed by atoms with van der Waals surface area (Å²) >= 11 is 0. The molecule has 1 saturated heterocycles. The van der Waals surface area contributed by atoms with Crippen LogP contribution in [0.5, 0.6) is 0 Å². The molecule has 7 heteroatoms. The first-order valence-corrected chi connectivity index (χ1v) is 18.9. The number of aryl methyl sites for hydroxylation is 3. The lowest BCUT2D eigenvalue weighted by molar-refractivity contribution is 0.214. The summed E-state index contributed by atoms with van der Waals surface area (Å²) in [5.41, 5.74) is 13.4. The first-order chi connectivity index (χ1) is 24.1. The fraction of sp³-hybridized carbons (Fsp3) is 0.535. The van der Waals surface area contributed by atoms with Gasteiger partial charge in [-0.15, -0.1) is 0 Å². The van der Waals surface area contributed by atoms with Gasteiger partial charge in [0.05, 0.1) is 11.4 Å². The highest BCUT2D eigenvalue weighted by molar-refractivity contribution is 5.75. The van der Waals surface area contributed by atoms with Gasteiger partial charge in [-0.2, -0.15) is 0 Å². The van der Waals surface area contributed by atoms with Crippen molar-refractivity contribution in [1.29, 1.82) is 0 Å². The Morgan fingerprint density at radius 3 is 2.44 bits per heavy atom. The highest BCUT2D eigenvalue weighted by atomic mass is 19.1. The van der Waals surface area contributed by atoms with Gasteiger partial charge in [-0.25, -0.2) is 4.39 Å². The molecule has 1 fully saturated rings. The summed E-state index contributed by atoms with van der Waals surface area (Å²) in [4.78, 5) is 14.4. The van der Waals surface area contributed by atoms with Crippen LogP contribution in [0.3, 0.4) is 0 Å². The molecule has 3 N–H and O–H groups in total. The maximum Gasteiger partial charge on any atom is 0.126 e. The molecule has 2 aromatic carbocycles. The molecule has 4 rings (SSSR count). The number of nitrogens with one attached hydrogen (secondary N) is 1. The van der Waals surface area contributed by atoms with Gasteiger partial charge in [-0.1, -0.05) is 71.4 Å². The Morgan fingerprint density at radius 1 is 1.06 bits per heavy atom. The lowest BCUT2D eigenvalue weighted by Gasteiger charge is -2.34. The van der Waals surface area contributed by atoms with E-state index in [-0.39, 0.29) is 5.82 Å². The van der Waals surface area contributed by atoms with Crippen LogP contribution in [0.25, 0.3) is 5.70 Å². The number of rotatable bonds is 18. The number of anilines is 1. The van der Waals surface area contributed by atoms with Gasteiger partial charge in [0.2, 0.25) is 0 Å². The molecule has 1 aliphatic heterocycles. The second kappa shape index (κ2) is 21.6. The first-order valence-electron chi connectivity index (χ1n) is 18.9. The van der Waals surface area contributed by atoms with Gasteiger partial charge < -0.3 is 20.9 Å². The summed E-state index contributed by atoms with van der Waals surface area (Å²) in [5, 5.41) is 3.17. The van der Waals surface area contributed by atoms with Crippen molar-refractivity contribution < 1.29 is 4.39 Å². The van der Waals surface area contributed by atoms with Crippen LogP contribution in [0.2, 0.25) is 0 Å². The Balaban J connectivity index is 0.000000753. The monoisotopic (exact) mass is 685 g/mol. The molecular weight excluding hydrogens is 620 g/mol. The average molecular weight is 685 g/mol. The number of nitrogens with zero attached hydrogens (tertiary/aromatic N) is 4. The molecule has 274 valence electrons. The highest BCUT2D eigenvalue weighted by Crippen LogP contribution is 2.32. The zero-order valence-electron chi connectivity index (χ0n) is 32.0. The SMILES string of the molecule is C=Nc1ccc(C(=C)NC)cc1N(CCCCC)CCN1CCC(c2cccc(CCc3ccc(C)cc3F)n2)CC1.CC(C)CC(C)CN. The zero-order chi connectivity index (χ0) is 36.5. The third-order valence-corrected chi connectivity index (χ3v) is 9.82. The van der Waals surface area contributed by atoms with Crippen molar-refractivity contribution in [3.05, 3.63) is 95.1 Å². The lowest BCUT2D eigenvalue weighted by Crippen LogP contribution is -2.40. The number of likely N-dealkylation sites (tertiary alicyclic amines) is 1. The number of hydrogen-bond acceptors (Lipinski definition) is 6. The second-order valence-corrected chi connectivity index (χ2v) is 14.5. The quantitative estimate of drug-likeness (QED) is 0.103. The van der Waals surface area contributed by atoms with Crippen LogP contribution in [0.4, 0.5) is 15.8 Å². The minimum atomic E-state index is -0.115. The minimum Gasteiger partial charge on any atom is -0.388 e. The fourth-order valence-electron chi connectivity index (χ4n) is 6.75. The molecular formula is C43H65FN6. The Hall–Kier alpha value is -3.55. The van der Waals surface area contributed by atoms with Crippen LogP contribution in [-0.2, 0) is 12.8 Å². The van der Waals surface area contributed by atoms with Gasteiger partial charge in [0.15, 0.2) is 0 Å². The molecule has 2 heterocycles. The van der Waals surface area contributed by atoms with Crippen LogP contribution < -0.4 is 16.0 Å². The maximum absolute atomic E-state index is 14.3. The topological polar surface area (TPSA) is 69.8 Å². The summed E-state index contributed by atoms with van der Waals surface area (Å²) in [6, 6.07) is 18.2. The van der Waals surface area contributed by atoms with Gasteiger partial charge in [-0.3, -0.25) is 9.98 Å². The van der Waals surface area contributed by atoms with E-state index in [4.69, 9.17) is 10.7 Å². The molecule has 6 nitrogen and oxygen atoms in total. The number of unbranched alkanes of at least 4 members (excludes halogenated alkanes) is 2. The van der Waals surface area contributed by atoms with Crippen molar-refractivity contribution in [3.8, 4) is 0 Å². The van der Waals surface area contributed by atoms with Crippen molar-refractivity contribution in [2.45, 2.75) is 91.9 Å². The van der Waals surface area contributed by atoms with E-state index in [2.05, 4.69) is 97.5 Å². The summed E-state index contributed by atoms with van der Waals surface area (Å²) in [6.45, 7) is 24.8. The smallest absolute Gasteiger partial charge is 0.126 e. The molecule has 0 aliphatic carbocycles. The van der Waals surface area contributed by atoms with E-state index in [0.29, 0.717) is 18.3 Å². The number of aliphatic imine (C=N–C) groups is 1. The maximum atomic E-state index is 14.3. The van der Waals surface area contributed by atoms with Crippen LogP contribution >= 0.6 is 0 Å². The summed E-state index contributed by atoms with van der Waals surface area (Å²) in [7, 11) is 1.91. The van der Waals surface area contributed by atoms with E-state index >= 15 is 0 Å². The Labute approximate surface area is 303 Å². The molecule has 50 heavy (non-hydrogen) atoms. The van der Waals surface area contributed by atoms with Crippen LogP contribution in [0.1, 0.15) is 100 Å². The molecule has 0 bridgehead atoms. The number of piperidine rings is 1. The molecule has 1 aromatic heterocycles. The number of hydrogen-bond donors (Lipinski definition) is 2. The molecule has 1 unspecified atom stereocenters. The van der Waals surface area contributed by atoms with E-state index in [1.54, 1.807) is 6.07 Å². The van der Waals surface area contributed by atoms with Gasteiger partial charge in [0, 0.05) is 49.7 Å². The number of halogens is 1. The Morgan fingerprint density at radius 2 is 1.82 bits per heavy atom. The predicted molar refractivity (Wildman–Crippen MR) is 214 cm³/mol. The highest BCUT2D eigenvalue weighted by Gasteiger charge is 2.23. The summed E-state index contributed by atoms with van der Waals surface area (Å²) in [6.07, 6.45) is 8.47. The molecule has 0 spiro atoms. The average Bonchev–Trinajstić information content (AvgIpc) is 3.12. The van der Waals surface area contributed by atoms with E-state index in [9.17, 15) is 4.39 Å². The van der Waals surface area contributed by atoms with Crippen molar-refractivity contribution in [3.63, 3.8) is 0 Å². The van der Waals surface area contributed by atoms with E-state index in [0.717, 1.165) is 110 Å². The molecule has 0 amide bonds. The van der Waals surface area contributed by atoms with E-state index in [1.165, 1.54) is 25.0 Å². The largest absolute Gasteiger partial charge is 0.388 e.